The van der Waals surface area contributed by atoms with Gasteiger partial charge in [0.05, 0.1) is 30.4 Å². The Morgan fingerprint density at radius 1 is 1.28 bits per heavy atom. The number of nitrogens with zero attached hydrogens (tertiary/aromatic N) is 6. The van der Waals surface area contributed by atoms with E-state index in [1.807, 2.05) is 18.2 Å². The number of carbonyl (C=O) groups is 2. The van der Waals surface area contributed by atoms with Gasteiger partial charge in [0.2, 0.25) is 0 Å². The zero-order chi connectivity index (χ0) is 25.4. The summed E-state index contributed by atoms with van der Waals surface area (Å²) in [5.74, 6) is 4.74. The van der Waals surface area contributed by atoms with Crippen LogP contribution in [0.15, 0.2) is 36.7 Å². The lowest BCUT2D eigenvalue weighted by Gasteiger charge is -2.45. The number of carbonyl (C=O) groups excluding carboxylic acids is 2. The predicted octanol–water partition coefficient (Wildman–Crippen LogP) is 1.92. The largest absolute Gasteiger partial charge is 0.383 e. The van der Waals surface area contributed by atoms with Crippen LogP contribution >= 0.6 is 0 Å². The first-order chi connectivity index (χ1) is 17.3. The third kappa shape index (κ3) is 3.97. The van der Waals surface area contributed by atoms with E-state index in [-0.39, 0.29) is 28.7 Å². The molecular weight excluding hydrogens is 456 g/mol. The molecule has 1 spiro atoms. The molecule has 2 aliphatic rings. The number of primary amides is 1. The Hall–Kier alpha value is -4.57. The number of hydrogen-bond acceptors (Lipinski definition) is 6. The van der Waals surface area contributed by atoms with Crippen molar-refractivity contribution >= 4 is 17.6 Å². The normalized spacial score (nSPS) is 20.4. The number of rotatable bonds is 5. The second kappa shape index (κ2) is 8.90. The van der Waals surface area contributed by atoms with Crippen LogP contribution in [0.5, 0.6) is 0 Å². The fourth-order valence-corrected chi connectivity index (χ4v) is 5.43. The molecule has 0 unspecified atom stereocenters. The molecule has 1 aromatic carbocycles. The van der Waals surface area contributed by atoms with Crippen LogP contribution in [-0.2, 0) is 11.3 Å². The van der Waals surface area contributed by atoms with E-state index >= 15 is 0 Å². The second-order valence-electron chi connectivity index (χ2n) is 9.53. The summed E-state index contributed by atoms with van der Waals surface area (Å²) in [6.45, 7) is 3.42. The van der Waals surface area contributed by atoms with Crippen LogP contribution in [-0.4, -0.2) is 49.4 Å². The number of benzene rings is 1. The highest BCUT2D eigenvalue weighted by Gasteiger charge is 2.51. The quantitative estimate of drug-likeness (QED) is 0.531. The first-order valence-electron chi connectivity index (χ1n) is 11.7. The van der Waals surface area contributed by atoms with Crippen molar-refractivity contribution in [3.63, 3.8) is 0 Å². The molecular formula is C26H26N8O2. The van der Waals surface area contributed by atoms with E-state index in [1.165, 1.54) is 0 Å². The van der Waals surface area contributed by atoms with Gasteiger partial charge in [0.15, 0.2) is 0 Å². The van der Waals surface area contributed by atoms with Crippen LogP contribution in [0, 0.1) is 28.6 Å². The summed E-state index contributed by atoms with van der Waals surface area (Å²) >= 11 is 0. The Labute approximate surface area is 208 Å². The predicted molar refractivity (Wildman–Crippen MR) is 132 cm³/mol. The minimum Gasteiger partial charge on any atom is -0.383 e. The summed E-state index contributed by atoms with van der Waals surface area (Å²) in [6.07, 6.45) is 5.91. The molecule has 1 aliphatic heterocycles. The van der Waals surface area contributed by atoms with Gasteiger partial charge in [0.25, 0.3) is 11.8 Å². The molecule has 2 fully saturated rings. The van der Waals surface area contributed by atoms with Crippen molar-refractivity contribution in [3.05, 3.63) is 53.3 Å². The Balaban J connectivity index is 1.37. The number of hydrogen-bond donors (Lipinski definition) is 2. The first kappa shape index (κ1) is 23.2. The maximum absolute atomic E-state index is 12.3. The molecule has 182 valence electrons. The third-order valence-corrected chi connectivity index (χ3v) is 7.21. The number of nitriles is 1. The molecule has 10 nitrogen and oxygen atoms in total. The topological polar surface area (TPSA) is 149 Å². The highest BCUT2D eigenvalue weighted by molar-refractivity contribution is 6.03. The van der Waals surface area contributed by atoms with E-state index in [4.69, 9.17) is 16.6 Å². The lowest BCUT2D eigenvalue weighted by molar-refractivity contribution is -0.125. The highest BCUT2D eigenvalue weighted by Crippen LogP contribution is 2.54. The zero-order valence-corrected chi connectivity index (χ0v) is 19.9. The van der Waals surface area contributed by atoms with Gasteiger partial charge in [-0.25, -0.2) is 4.68 Å². The van der Waals surface area contributed by atoms with Crippen LogP contribution in [0.25, 0.3) is 11.3 Å². The SMILES string of the molecule is CC#CC(=O)N1CCC2(CC(n3nc(-c4cnn(Cc5ccccc5C#N)c4)c(C(N)=O)c3N)C2)C1. The maximum atomic E-state index is 12.3. The zero-order valence-electron chi connectivity index (χ0n) is 19.9. The molecule has 2 aromatic heterocycles. The van der Waals surface area contributed by atoms with Crippen molar-refractivity contribution < 1.29 is 9.59 Å². The fraction of sp³-hybridized carbons (Fsp3) is 0.346. The van der Waals surface area contributed by atoms with Gasteiger partial charge in [-0.05, 0) is 49.2 Å². The third-order valence-electron chi connectivity index (χ3n) is 7.21. The smallest absolute Gasteiger partial charge is 0.298 e. The summed E-state index contributed by atoms with van der Waals surface area (Å²) in [5.41, 5.74) is 14.7. The van der Waals surface area contributed by atoms with Gasteiger partial charge in [0, 0.05) is 24.8 Å². The number of nitrogen functional groups attached to an aromatic ring is 1. The minimum atomic E-state index is -0.652. The van der Waals surface area contributed by atoms with E-state index < -0.39 is 5.91 Å². The van der Waals surface area contributed by atoms with Gasteiger partial charge in [-0.2, -0.15) is 15.5 Å². The van der Waals surface area contributed by atoms with Crippen LogP contribution < -0.4 is 11.5 Å². The van der Waals surface area contributed by atoms with Gasteiger partial charge >= 0.3 is 0 Å². The van der Waals surface area contributed by atoms with Gasteiger partial charge < -0.3 is 16.4 Å². The van der Waals surface area contributed by atoms with Gasteiger partial charge in [-0.1, -0.05) is 24.1 Å². The van der Waals surface area contributed by atoms with Gasteiger partial charge in [-0.15, -0.1) is 0 Å². The summed E-state index contributed by atoms with van der Waals surface area (Å²) in [4.78, 5) is 26.3. The summed E-state index contributed by atoms with van der Waals surface area (Å²) in [6, 6.07) is 9.52. The van der Waals surface area contributed by atoms with Crippen LogP contribution in [0.3, 0.4) is 0 Å². The molecule has 3 aromatic rings. The molecule has 1 aliphatic carbocycles. The van der Waals surface area contributed by atoms with Crippen molar-refractivity contribution in [3.8, 4) is 29.2 Å². The van der Waals surface area contributed by atoms with E-state index in [9.17, 15) is 14.9 Å². The van der Waals surface area contributed by atoms with Gasteiger partial charge in [-0.3, -0.25) is 14.3 Å². The lowest BCUT2D eigenvalue weighted by Crippen LogP contribution is -2.42. The molecule has 36 heavy (non-hydrogen) atoms. The van der Waals surface area contributed by atoms with Crippen molar-refractivity contribution in [1.82, 2.24) is 24.5 Å². The average Bonchev–Trinajstić information content (AvgIpc) is 3.56. The number of likely N-dealkylation sites (tertiary alicyclic amines) is 1. The molecule has 0 radical (unpaired) electrons. The fourth-order valence-electron chi connectivity index (χ4n) is 5.43. The van der Waals surface area contributed by atoms with E-state index in [0.717, 1.165) is 24.8 Å². The first-order valence-corrected chi connectivity index (χ1v) is 11.7. The standard InChI is InChI=1S/C26H26N8O2/c1-2-5-21(35)32-9-8-26(16-32)10-20(11-26)34-24(28)22(25(29)36)23(31-34)19-13-30-33(15-19)14-18-7-4-3-6-17(18)12-27/h3-4,6-7,13,15,20H,8-11,14,16,28H2,1H3,(H2,29,36). The number of nitrogens with two attached hydrogens (primary N) is 2. The molecule has 1 saturated heterocycles. The maximum Gasteiger partial charge on any atom is 0.298 e. The summed E-state index contributed by atoms with van der Waals surface area (Å²) < 4.78 is 3.38. The van der Waals surface area contributed by atoms with Crippen LogP contribution in [0.2, 0.25) is 0 Å². The number of amides is 2. The average molecular weight is 483 g/mol. The Bertz CT molecular complexity index is 1460. The Morgan fingerprint density at radius 2 is 2.06 bits per heavy atom. The number of aromatic nitrogens is 4. The molecule has 2 amide bonds. The van der Waals surface area contributed by atoms with E-state index in [2.05, 4.69) is 23.0 Å². The molecule has 4 N–H and O–H groups in total. The molecule has 0 bridgehead atoms. The Morgan fingerprint density at radius 3 is 2.78 bits per heavy atom. The monoisotopic (exact) mass is 482 g/mol. The van der Waals surface area contributed by atoms with Crippen molar-refractivity contribution in [2.24, 2.45) is 11.1 Å². The van der Waals surface area contributed by atoms with Crippen LogP contribution in [0.1, 0.15) is 53.7 Å². The molecule has 3 heterocycles. The summed E-state index contributed by atoms with van der Waals surface area (Å²) in [7, 11) is 0. The molecule has 10 heteroatoms. The molecule has 1 saturated carbocycles. The van der Waals surface area contributed by atoms with Crippen molar-refractivity contribution in [2.75, 3.05) is 18.8 Å². The molecule has 5 rings (SSSR count). The Kier molecular flexibility index (Phi) is 5.73. The molecule has 0 atom stereocenters. The second-order valence-corrected chi connectivity index (χ2v) is 9.53. The van der Waals surface area contributed by atoms with E-state index in [1.54, 1.807) is 39.6 Å². The minimum absolute atomic E-state index is 0.0155. The van der Waals surface area contributed by atoms with E-state index in [0.29, 0.717) is 36.5 Å². The lowest BCUT2D eigenvalue weighted by atomic mass is 9.65. The van der Waals surface area contributed by atoms with Crippen molar-refractivity contribution in [1.29, 1.82) is 5.26 Å². The summed E-state index contributed by atoms with van der Waals surface area (Å²) in [5, 5.41) is 18.4. The van der Waals surface area contributed by atoms with Crippen molar-refractivity contribution in [2.45, 2.75) is 38.8 Å². The number of anilines is 1. The van der Waals surface area contributed by atoms with Gasteiger partial charge in [0.1, 0.15) is 17.1 Å². The highest BCUT2D eigenvalue weighted by atomic mass is 16.2. The van der Waals surface area contributed by atoms with Crippen LogP contribution in [0.4, 0.5) is 5.82 Å².